The largest absolute Gasteiger partial charge is 0.364 e. The van der Waals surface area contributed by atoms with E-state index < -0.39 is 0 Å². The molecule has 1 saturated heterocycles. The summed E-state index contributed by atoms with van der Waals surface area (Å²) < 4.78 is 5.80. The minimum absolute atomic E-state index is 0.139. The Morgan fingerprint density at radius 3 is 3.25 bits per heavy atom. The molecular formula is C14H21N3O2S. The SMILES string of the molecule is CC1c2ccsc2CCN1CC1CCC(C(=O)NN)O1. The van der Waals surface area contributed by atoms with Gasteiger partial charge in [0.05, 0.1) is 6.10 Å². The molecule has 3 N–H and O–H groups in total. The Bertz CT molecular complexity index is 491. The summed E-state index contributed by atoms with van der Waals surface area (Å²) in [5.74, 6) is 4.95. The van der Waals surface area contributed by atoms with Gasteiger partial charge in [-0.2, -0.15) is 0 Å². The van der Waals surface area contributed by atoms with Gasteiger partial charge in [-0.25, -0.2) is 5.84 Å². The van der Waals surface area contributed by atoms with Crippen LogP contribution < -0.4 is 11.3 Å². The standard InChI is InChI=1S/C14H21N3O2S/c1-9-11-5-7-20-13(11)4-6-17(9)8-10-2-3-12(19-10)14(18)16-15/h5,7,9-10,12H,2-4,6,8,15H2,1H3,(H,16,18). The van der Waals surface area contributed by atoms with Crippen molar-refractivity contribution in [2.45, 2.75) is 44.4 Å². The van der Waals surface area contributed by atoms with Crippen molar-refractivity contribution in [3.63, 3.8) is 0 Å². The average Bonchev–Trinajstić information content (AvgIpc) is 3.10. The van der Waals surface area contributed by atoms with Gasteiger partial charge in [-0.15, -0.1) is 11.3 Å². The fourth-order valence-electron chi connectivity index (χ4n) is 3.20. The normalized spacial score (nSPS) is 30.2. The number of rotatable bonds is 3. The van der Waals surface area contributed by atoms with Crippen molar-refractivity contribution < 1.29 is 9.53 Å². The van der Waals surface area contributed by atoms with Crippen molar-refractivity contribution in [2.75, 3.05) is 13.1 Å². The van der Waals surface area contributed by atoms with Gasteiger partial charge in [-0.1, -0.05) is 0 Å². The minimum Gasteiger partial charge on any atom is -0.364 e. The van der Waals surface area contributed by atoms with Gasteiger partial charge in [0.15, 0.2) is 0 Å². The molecule has 0 aliphatic carbocycles. The van der Waals surface area contributed by atoms with Gasteiger partial charge < -0.3 is 4.74 Å². The number of amides is 1. The van der Waals surface area contributed by atoms with Gasteiger partial charge in [0.25, 0.3) is 5.91 Å². The van der Waals surface area contributed by atoms with Crippen LogP contribution >= 0.6 is 11.3 Å². The molecule has 5 nitrogen and oxygen atoms in total. The molecule has 0 saturated carbocycles. The highest BCUT2D eigenvalue weighted by Gasteiger charge is 2.33. The van der Waals surface area contributed by atoms with E-state index >= 15 is 0 Å². The zero-order valence-corrected chi connectivity index (χ0v) is 12.5. The molecule has 1 aromatic heterocycles. The highest BCUT2D eigenvalue weighted by molar-refractivity contribution is 7.10. The fraction of sp³-hybridized carbons (Fsp3) is 0.643. The molecule has 3 atom stereocenters. The maximum absolute atomic E-state index is 11.5. The molecular weight excluding hydrogens is 274 g/mol. The number of nitrogens with two attached hydrogens (primary N) is 1. The number of ether oxygens (including phenoxy) is 1. The highest BCUT2D eigenvalue weighted by atomic mass is 32.1. The first-order chi connectivity index (χ1) is 9.69. The smallest absolute Gasteiger partial charge is 0.263 e. The first-order valence-electron chi connectivity index (χ1n) is 7.15. The van der Waals surface area contributed by atoms with E-state index in [1.807, 2.05) is 11.3 Å². The molecule has 3 unspecified atom stereocenters. The Morgan fingerprint density at radius 1 is 1.60 bits per heavy atom. The van der Waals surface area contributed by atoms with E-state index in [4.69, 9.17) is 10.6 Å². The van der Waals surface area contributed by atoms with E-state index in [0.29, 0.717) is 6.04 Å². The van der Waals surface area contributed by atoms with Crippen LogP contribution in [0.3, 0.4) is 0 Å². The summed E-state index contributed by atoms with van der Waals surface area (Å²) in [6, 6.07) is 2.67. The van der Waals surface area contributed by atoms with Crippen molar-refractivity contribution in [2.24, 2.45) is 5.84 Å². The van der Waals surface area contributed by atoms with Crippen LogP contribution in [0.2, 0.25) is 0 Å². The number of carbonyl (C=O) groups is 1. The van der Waals surface area contributed by atoms with Crippen molar-refractivity contribution in [1.82, 2.24) is 10.3 Å². The van der Waals surface area contributed by atoms with E-state index in [0.717, 1.165) is 32.4 Å². The van der Waals surface area contributed by atoms with Crippen molar-refractivity contribution in [3.8, 4) is 0 Å². The van der Waals surface area contributed by atoms with Crippen LogP contribution in [-0.2, 0) is 16.0 Å². The lowest BCUT2D eigenvalue weighted by atomic mass is 10.0. The number of hydrogen-bond acceptors (Lipinski definition) is 5. The Hall–Kier alpha value is -0.950. The van der Waals surface area contributed by atoms with E-state index in [9.17, 15) is 4.79 Å². The monoisotopic (exact) mass is 295 g/mol. The average molecular weight is 295 g/mol. The maximum atomic E-state index is 11.5. The van der Waals surface area contributed by atoms with Gasteiger partial charge in [-0.3, -0.25) is 15.1 Å². The summed E-state index contributed by atoms with van der Waals surface area (Å²) in [7, 11) is 0. The molecule has 0 spiro atoms. The Balaban J connectivity index is 1.59. The zero-order valence-electron chi connectivity index (χ0n) is 11.7. The molecule has 2 aliphatic rings. The van der Waals surface area contributed by atoms with E-state index in [2.05, 4.69) is 28.7 Å². The van der Waals surface area contributed by atoms with Gasteiger partial charge in [0, 0.05) is 24.0 Å². The lowest BCUT2D eigenvalue weighted by Crippen LogP contribution is -2.41. The molecule has 1 aromatic rings. The van der Waals surface area contributed by atoms with Crippen molar-refractivity contribution in [3.05, 3.63) is 21.9 Å². The molecule has 20 heavy (non-hydrogen) atoms. The number of hydrogen-bond donors (Lipinski definition) is 2. The Labute approximate surface area is 123 Å². The van der Waals surface area contributed by atoms with Crippen LogP contribution in [0.15, 0.2) is 11.4 Å². The highest BCUT2D eigenvalue weighted by Crippen LogP contribution is 2.33. The molecule has 2 aliphatic heterocycles. The third-order valence-electron chi connectivity index (χ3n) is 4.38. The molecule has 3 heterocycles. The first-order valence-corrected chi connectivity index (χ1v) is 8.03. The topological polar surface area (TPSA) is 67.6 Å². The van der Waals surface area contributed by atoms with Crippen molar-refractivity contribution >= 4 is 17.2 Å². The second-order valence-corrected chi connectivity index (χ2v) is 6.55. The molecule has 0 radical (unpaired) electrons. The van der Waals surface area contributed by atoms with Crippen molar-refractivity contribution in [1.29, 1.82) is 0 Å². The lowest BCUT2D eigenvalue weighted by Gasteiger charge is -2.35. The van der Waals surface area contributed by atoms with Crippen LogP contribution in [0.4, 0.5) is 0 Å². The summed E-state index contributed by atoms with van der Waals surface area (Å²) in [6.45, 7) is 4.22. The number of carbonyl (C=O) groups excluding carboxylic acids is 1. The third-order valence-corrected chi connectivity index (χ3v) is 5.38. The number of fused-ring (bicyclic) bond motifs is 1. The second kappa shape index (κ2) is 5.81. The first kappa shape index (κ1) is 14.0. The summed E-state index contributed by atoms with van der Waals surface area (Å²) in [6.07, 6.45) is 2.58. The lowest BCUT2D eigenvalue weighted by molar-refractivity contribution is -0.132. The van der Waals surface area contributed by atoms with E-state index in [1.54, 1.807) is 0 Å². The van der Waals surface area contributed by atoms with Gasteiger partial charge >= 0.3 is 0 Å². The maximum Gasteiger partial charge on any atom is 0.263 e. The predicted molar refractivity (Wildman–Crippen MR) is 78.2 cm³/mol. The van der Waals surface area contributed by atoms with Gasteiger partial charge in [0.1, 0.15) is 6.10 Å². The molecule has 1 amide bonds. The Morgan fingerprint density at radius 2 is 2.45 bits per heavy atom. The van der Waals surface area contributed by atoms with Crippen LogP contribution in [0, 0.1) is 0 Å². The zero-order chi connectivity index (χ0) is 14.1. The quantitative estimate of drug-likeness (QED) is 0.499. The molecule has 1 fully saturated rings. The summed E-state index contributed by atoms with van der Waals surface area (Å²) in [5.41, 5.74) is 3.63. The Kier molecular flexibility index (Phi) is 4.07. The minimum atomic E-state index is -0.373. The number of nitrogens with one attached hydrogen (secondary N) is 1. The predicted octanol–water partition coefficient (Wildman–Crippen LogP) is 1.20. The second-order valence-electron chi connectivity index (χ2n) is 5.55. The van der Waals surface area contributed by atoms with Crippen LogP contribution in [0.5, 0.6) is 0 Å². The van der Waals surface area contributed by atoms with E-state index in [1.165, 1.54) is 10.4 Å². The molecule has 0 aromatic carbocycles. The fourth-order valence-corrected chi connectivity index (χ4v) is 4.16. The number of thiophene rings is 1. The van der Waals surface area contributed by atoms with Crippen LogP contribution in [0.25, 0.3) is 0 Å². The molecule has 0 bridgehead atoms. The molecule has 6 heteroatoms. The van der Waals surface area contributed by atoms with Gasteiger partial charge in [0.2, 0.25) is 0 Å². The third kappa shape index (κ3) is 2.61. The van der Waals surface area contributed by atoms with E-state index in [-0.39, 0.29) is 18.1 Å². The summed E-state index contributed by atoms with van der Waals surface area (Å²) in [4.78, 5) is 15.4. The van der Waals surface area contributed by atoms with Crippen LogP contribution in [0.1, 0.15) is 36.2 Å². The summed E-state index contributed by atoms with van der Waals surface area (Å²) >= 11 is 1.86. The number of nitrogens with zero attached hydrogens (tertiary/aromatic N) is 1. The summed E-state index contributed by atoms with van der Waals surface area (Å²) in [5, 5.41) is 2.18. The van der Waals surface area contributed by atoms with Gasteiger partial charge in [-0.05, 0) is 43.2 Å². The molecule has 110 valence electrons. The van der Waals surface area contributed by atoms with Crippen LogP contribution in [-0.4, -0.2) is 36.1 Å². The molecule has 3 rings (SSSR count). The number of hydrazine groups is 1.